The molecule has 0 spiro atoms. The maximum atomic E-state index is 12.4. The van der Waals surface area contributed by atoms with Gasteiger partial charge in [0, 0.05) is 84.9 Å². The highest BCUT2D eigenvalue weighted by atomic mass is 32.2. The number of rotatable bonds is 15. The summed E-state index contributed by atoms with van der Waals surface area (Å²) < 4.78 is 36.2. The molecular formula is C38H46N4O6S. The van der Waals surface area contributed by atoms with Gasteiger partial charge in [0.2, 0.25) is 11.6 Å². The lowest BCUT2D eigenvalue weighted by Crippen LogP contribution is -2.38. The molecule has 0 bridgehead atoms. The van der Waals surface area contributed by atoms with Crippen molar-refractivity contribution < 1.29 is 31.9 Å². The van der Waals surface area contributed by atoms with Crippen LogP contribution in [0, 0.1) is 0 Å². The van der Waals surface area contributed by atoms with Gasteiger partial charge in [0.05, 0.1) is 15.5 Å². The fraction of sp³-hybridized carbons (Fsp3) is 0.421. The summed E-state index contributed by atoms with van der Waals surface area (Å²) in [7, 11) is -4.30. The fourth-order valence-electron chi connectivity index (χ4n) is 7.17. The molecule has 3 aliphatic heterocycles. The van der Waals surface area contributed by atoms with E-state index in [1.807, 2.05) is 18.2 Å². The molecule has 49 heavy (non-hydrogen) atoms. The van der Waals surface area contributed by atoms with Crippen LogP contribution in [0.15, 0.2) is 84.6 Å². The number of carbonyl (C=O) groups excluding carboxylic acids is 3. The van der Waals surface area contributed by atoms with Crippen molar-refractivity contribution in [1.82, 2.24) is 10.2 Å². The van der Waals surface area contributed by atoms with Gasteiger partial charge >= 0.3 is 0 Å². The van der Waals surface area contributed by atoms with Crippen LogP contribution in [-0.2, 0) is 35.3 Å². The molecule has 3 aliphatic rings. The number of hydrogen-bond donors (Lipinski definition) is 1. The van der Waals surface area contributed by atoms with Gasteiger partial charge in [-0.05, 0) is 44.4 Å². The van der Waals surface area contributed by atoms with Crippen LogP contribution in [0.3, 0.4) is 0 Å². The second kappa shape index (κ2) is 14.6. The van der Waals surface area contributed by atoms with Crippen molar-refractivity contribution >= 4 is 44.9 Å². The number of benzene rings is 2. The summed E-state index contributed by atoms with van der Waals surface area (Å²) in [5.74, 6) is -1.20. The van der Waals surface area contributed by atoms with E-state index in [9.17, 15) is 27.4 Å². The van der Waals surface area contributed by atoms with E-state index in [1.54, 1.807) is 0 Å². The Labute approximate surface area is 289 Å². The fourth-order valence-corrected chi connectivity index (χ4v) is 7.66. The van der Waals surface area contributed by atoms with Gasteiger partial charge in [0.15, 0.2) is 5.71 Å². The summed E-state index contributed by atoms with van der Waals surface area (Å²) in [6.07, 6.45) is 11.9. The molecule has 3 amide bonds. The molecule has 2 aromatic carbocycles. The molecule has 0 fully saturated rings. The van der Waals surface area contributed by atoms with E-state index in [-0.39, 0.29) is 48.1 Å². The highest BCUT2D eigenvalue weighted by Crippen LogP contribution is 2.48. The second-order valence-electron chi connectivity index (χ2n) is 13.8. The lowest BCUT2D eigenvalue weighted by Gasteiger charge is -2.27. The number of allylic oxidation sites excluding steroid dienone is 4. The number of nitrogens with zero attached hydrogens (tertiary/aromatic N) is 3. The quantitative estimate of drug-likeness (QED) is 0.123. The lowest BCUT2D eigenvalue weighted by molar-refractivity contribution is -0.437. The molecule has 0 aliphatic carbocycles. The van der Waals surface area contributed by atoms with Gasteiger partial charge in [-0.15, -0.1) is 0 Å². The highest BCUT2D eigenvalue weighted by Gasteiger charge is 2.44. The van der Waals surface area contributed by atoms with Crippen LogP contribution < -0.4 is 10.2 Å². The van der Waals surface area contributed by atoms with E-state index < -0.39 is 15.9 Å². The topological polar surface area (TPSA) is 130 Å². The third-order valence-corrected chi connectivity index (χ3v) is 10.5. The molecule has 2 aromatic rings. The lowest BCUT2D eigenvalue weighted by atomic mass is 9.81. The number of anilines is 1. The number of hydrogen-bond acceptors (Lipinski definition) is 7. The zero-order valence-corrected chi connectivity index (χ0v) is 29.6. The summed E-state index contributed by atoms with van der Waals surface area (Å²) >= 11 is 0. The number of unbranched alkanes of at least 4 members (excludes halogenated alkanes) is 2. The third-order valence-electron chi connectivity index (χ3n) is 9.73. The summed E-state index contributed by atoms with van der Waals surface area (Å²) in [5.41, 5.74) is 6.26. The first-order valence-corrected chi connectivity index (χ1v) is 18.5. The molecule has 0 saturated heterocycles. The third kappa shape index (κ3) is 7.94. The van der Waals surface area contributed by atoms with Crippen molar-refractivity contribution in [3.63, 3.8) is 0 Å². The zero-order valence-electron chi connectivity index (χ0n) is 28.8. The average Bonchev–Trinajstić information content (AvgIpc) is 3.56. The Hall–Kier alpha value is -4.35. The van der Waals surface area contributed by atoms with E-state index in [0.29, 0.717) is 13.0 Å². The van der Waals surface area contributed by atoms with Crippen LogP contribution in [0.1, 0.15) is 70.9 Å². The van der Waals surface area contributed by atoms with Crippen LogP contribution >= 0.6 is 0 Å². The van der Waals surface area contributed by atoms with Crippen LogP contribution in [0.2, 0.25) is 0 Å². The van der Waals surface area contributed by atoms with E-state index in [2.05, 4.69) is 91.0 Å². The molecule has 0 aromatic heterocycles. The molecule has 11 heteroatoms. The minimum atomic E-state index is -4.30. The summed E-state index contributed by atoms with van der Waals surface area (Å²) in [5, 5.41) is 2.81. The van der Waals surface area contributed by atoms with Gasteiger partial charge in [-0.2, -0.15) is 4.58 Å². The van der Waals surface area contributed by atoms with E-state index in [0.717, 1.165) is 47.7 Å². The normalized spacial score (nSPS) is 18.7. The van der Waals surface area contributed by atoms with Crippen LogP contribution in [-0.4, -0.2) is 77.8 Å². The first-order valence-electron chi connectivity index (χ1n) is 17.0. The predicted octanol–water partition coefficient (Wildman–Crippen LogP) is 4.84. The van der Waals surface area contributed by atoms with E-state index >= 15 is 0 Å². The number of fused-ring (bicyclic) bond motifs is 2. The van der Waals surface area contributed by atoms with Gasteiger partial charge in [-0.1, -0.05) is 62.7 Å². The Morgan fingerprint density at radius 3 is 2.24 bits per heavy atom. The molecule has 1 N–H and O–H groups in total. The summed E-state index contributed by atoms with van der Waals surface area (Å²) in [6.45, 7) is 10.4. The van der Waals surface area contributed by atoms with Crippen molar-refractivity contribution in [3.8, 4) is 0 Å². The van der Waals surface area contributed by atoms with Crippen molar-refractivity contribution in [2.45, 2.75) is 70.6 Å². The average molecular weight is 687 g/mol. The van der Waals surface area contributed by atoms with Crippen molar-refractivity contribution in [3.05, 3.63) is 95.7 Å². The van der Waals surface area contributed by atoms with Crippen LogP contribution in [0.4, 0.5) is 11.4 Å². The maximum Gasteiger partial charge on any atom is 0.253 e. The monoisotopic (exact) mass is 686 g/mol. The maximum absolute atomic E-state index is 12.4. The largest absolute Gasteiger partial charge is 0.748 e. The van der Waals surface area contributed by atoms with Gasteiger partial charge in [-0.3, -0.25) is 19.3 Å². The molecule has 0 saturated carbocycles. The molecule has 0 radical (unpaired) electrons. The predicted molar refractivity (Wildman–Crippen MR) is 190 cm³/mol. The number of para-hydroxylation sites is 2. The Morgan fingerprint density at radius 2 is 1.53 bits per heavy atom. The van der Waals surface area contributed by atoms with Crippen molar-refractivity contribution in [2.75, 3.05) is 36.8 Å². The Balaban J connectivity index is 1.26. The number of amides is 3. The van der Waals surface area contributed by atoms with Crippen molar-refractivity contribution in [1.29, 1.82) is 0 Å². The van der Waals surface area contributed by atoms with Gasteiger partial charge < -0.3 is 14.8 Å². The van der Waals surface area contributed by atoms with E-state index in [4.69, 9.17) is 0 Å². The van der Waals surface area contributed by atoms with Gasteiger partial charge in [0.25, 0.3) is 11.8 Å². The zero-order chi connectivity index (χ0) is 35.4. The molecule has 260 valence electrons. The minimum absolute atomic E-state index is 0.0939. The number of imide groups is 1. The molecule has 3 heterocycles. The number of carbonyl (C=O) groups is 3. The molecule has 0 atom stereocenters. The Kier molecular flexibility index (Phi) is 10.7. The first kappa shape index (κ1) is 35.9. The minimum Gasteiger partial charge on any atom is -0.748 e. The summed E-state index contributed by atoms with van der Waals surface area (Å²) in [4.78, 5) is 39.2. The van der Waals surface area contributed by atoms with Crippen LogP contribution in [0.5, 0.6) is 0 Å². The summed E-state index contributed by atoms with van der Waals surface area (Å²) in [6, 6.07) is 16.6. The smallest absolute Gasteiger partial charge is 0.253 e. The highest BCUT2D eigenvalue weighted by molar-refractivity contribution is 7.85. The van der Waals surface area contributed by atoms with Crippen LogP contribution in [0.25, 0.3) is 0 Å². The number of nitrogens with one attached hydrogen (secondary N) is 1. The van der Waals surface area contributed by atoms with E-state index in [1.165, 1.54) is 29.1 Å². The van der Waals surface area contributed by atoms with Gasteiger partial charge in [0.1, 0.15) is 6.54 Å². The molecular weight excluding hydrogens is 641 g/mol. The molecule has 10 nitrogen and oxygen atoms in total. The van der Waals surface area contributed by atoms with Crippen molar-refractivity contribution in [2.24, 2.45) is 0 Å². The Morgan fingerprint density at radius 1 is 0.857 bits per heavy atom. The Bertz CT molecular complexity index is 1840. The second-order valence-corrected chi connectivity index (χ2v) is 15.3. The standard InChI is InChI=1S/C38H46N4O6S/c1-37(2)28-14-7-9-16-30(28)40(24-11-5-6-20-34(43)39-23-26-42-35(44)21-22-36(42)45)32(37)18-12-19-33-38(3,4)29-15-8-10-17-31(29)41(33)25-13-27-49(46,47)48/h7-10,12,14-19,21-22H,5-6,11,13,20,23-27H2,1-4H3,(H-,39,43,46,47,48). The molecule has 5 rings (SSSR count). The van der Waals surface area contributed by atoms with Gasteiger partial charge in [-0.25, -0.2) is 8.42 Å². The molecule has 0 unspecified atom stereocenters. The SMILES string of the molecule is CC1(C)C(/C=C/C=C2/N(CCCCCC(=O)NCCN3C(=O)C=CC3=O)c3ccccc3C2(C)C)=[N+](CCCS(=O)(=O)[O-])c2ccccc21. The first-order chi connectivity index (χ1) is 23.2.